The predicted octanol–water partition coefficient (Wildman–Crippen LogP) is 1.43. The van der Waals surface area contributed by atoms with Gasteiger partial charge < -0.3 is 20.3 Å². The average molecular weight is 491 g/mol. The number of carbonyl (C=O) groups is 5. The number of nitrogens with zero attached hydrogens (tertiary/aromatic N) is 2. The Morgan fingerprint density at radius 1 is 0.971 bits per heavy atom. The Balaban J connectivity index is 1.52. The lowest BCUT2D eigenvalue weighted by Crippen LogP contribution is -2.60. The molecule has 10 heteroatoms. The lowest BCUT2D eigenvalue weighted by atomic mass is 9.64. The Morgan fingerprint density at radius 2 is 1.57 bits per heavy atom. The van der Waals surface area contributed by atoms with Gasteiger partial charge in [0.25, 0.3) is 0 Å². The third kappa shape index (κ3) is 4.29. The standard InChI is InChI=1S/C25H38N4O6/c1-13(2)17(26-24(34)27-18(14(3)4)22(32)35-5)21(31)28-12-9-16-19(28)25(10-6-11-25)23(33)29(16)20(30)15-7-8-15/h13-19H,6-12H2,1-5H3,(H2,26,27,34)/t16-,17-,18-,19-/m0/s1. The van der Waals surface area contributed by atoms with Crippen molar-refractivity contribution in [3.05, 3.63) is 0 Å². The minimum absolute atomic E-state index is 0.0583. The summed E-state index contributed by atoms with van der Waals surface area (Å²) < 4.78 is 4.78. The maximum atomic E-state index is 13.8. The van der Waals surface area contributed by atoms with Crippen LogP contribution in [0.4, 0.5) is 4.79 Å². The number of esters is 1. The highest BCUT2D eigenvalue weighted by Crippen LogP contribution is 2.56. The second-order valence-corrected chi connectivity index (χ2v) is 11.2. The first-order valence-corrected chi connectivity index (χ1v) is 12.9. The van der Waals surface area contributed by atoms with Gasteiger partial charge >= 0.3 is 12.0 Å². The minimum Gasteiger partial charge on any atom is -0.467 e. The van der Waals surface area contributed by atoms with Gasteiger partial charge in [0.2, 0.25) is 17.7 Å². The molecule has 194 valence electrons. The van der Waals surface area contributed by atoms with Crippen LogP contribution in [0.3, 0.4) is 0 Å². The average Bonchev–Trinajstić information content (AvgIpc) is 3.49. The summed E-state index contributed by atoms with van der Waals surface area (Å²) >= 11 is 0. The van der Waals surface area contributed by atoms with E-state index in [0.717, 1.165) is 19.3 Å². The molecule has 0 aromatic carbocycles. The van der Waals surface area contributed by atoms with Crippen molar-refractivity contribution in [2.45, 2.75) is 90.4 Å². The van der Waals surface area contributed by atoms with Crippen molar-refractivity contribution in [3.63, 3.8) is 0 Å². The highest BCUT2D eigenvalue weighted by molar-refractivity contribution is 6.04. The molecule has 10 nitrogen and oxygen atoms in total. The van der Waals surface area contributed by atoms with Crippen LogP contribution in [0.1, 0.15) is 66.2 Å². The molecular weight excluding hydrogens is 452 g/mol. The topological polar surface area (TPSA) is 125 Å². The number of amides is 5. The van der Waals surface area contributed by atoms with Gasteiger partial charge in [0.05, 0.1) is 24.6 Å². The van der Waals surface area contributed by atoms with Gasteiger partial charge in [-0.15, -0.1) is 0 Å². The molecule has 2 aliphatic heterocycles. The predicted molar refractivity (Wildman–Crippen MR) is 126 cm³/mol. The summed E-state index contributed by atoms with van der Waals surface area (Å²) in [4.78, 5) is 68.4. The number of likely N-dealkylation sites (tertiary alicyclic amines) is 2. The lowest BCUT2D eigenvalue weighted by molar-refractivity contribution is -0.152. The van der Waals surface area contributed by atoms with Crippen LogP contribution in [0.15, 0.2) is 0 Å². The van der Waals surface area contributed by atoms with Gasteiger partial charge in [-0.25, -0.2) is 9.59 Å². The Morgan fingerprint density at radius 3 is 2.06 bits per heavy atom. The van der Waals surface area contributed by atoms with E-state index in [0.29, 0.717) is 25.8 Å². The van der Waals surface area contributed by atoms with E-state index in [1.165, 1.54) is 12.0 Å². The molecule has 0 radical (unpaired) electrons. The summed E-state index contributed by atoms with van der Waals surface area (Å²) in [6.07, 6.45) is 4.49. The minimum atomic E-state index is -0.841. The van der Waals surface area contributed by atoms with Crippen LogP contribution in [-0.4, -0.2) is 77.3 Å². The van der Waals surface area contributed by atoms with Gasteiger partial charge in [0, 0.05) is 12.5 Å². The zero-order chi connectivity index (χ0) is 25.7. The van der Waals surface area contributed by atoms with Gasteiger partial charge in [-0.1, -0.05) is 34.1 Å². The Kier molecular flexibility index (Phi) is 6.85. The van der Waals surface area contributed by atoms with Crippen LogP contribution < -0.4 is 10.6 Å². The van der Waals surface area contributed by atoms with Crippen molar-refractivity contribution >= 4 is 29.7 Å². The zero-order valence-corrected chi connectivity index (χ0v) is 21.3. The monoisotopic (exact) mass is 490 g/mol. The van der Waals surface area contributed by atoms with Gasteiger partial charge in [-0.05, 0) is 43.9 Å². The molecule has 4 atom stereocenters. The summed E-state index contributed by atoms with van der Waals surface area (Å²) in [5.41, 5.74) is -0.682. The number of fused-ring (bicyclic) bond motifs is 2. The van der Waals surface area contributed by atoms with Gasteiger partial charge in [0.15, 0.2) is 0 Å². The second-order valence-electron chi connectivity index (χ2n) is 11.2. The van der Waals surface area contributed by atoms with Crippen molar-refractivity contribution in [2.75, 3.05) is 13.7 Å². The van der Waals surface area contributed by atoms with E-state index in [1.54, 1.807) is 18.7 Å². The maximum Gasteiger partial charge on any atom is 0.328 e. The van der Waals surface area contributed by atoms with E-state index in [1.807, 2.05) is 13.8 Å². The first kappa shape index (κ1) is 25.4. The molecule has 0 unspecified atom stereocenters. The summed E-state index contributed by atoms with van der Waals surface area (Å²) in [6.45, 7) is 7.72. The molecule has 0 aromatic rings. The Labute approximate surface area is 206 Å². The van der Waals surface area contributed by atoms with E-state index < -0.39 is 29.5 Å². The molecule has 4 rings (SSSR count). The van der Waals surface area contributed by atoms with E-state index in [-0.39, 0.29) is 47.6 Å². The number of rotatable bonds is 7. The van der Waals surface area contributed by atoms with Gasteiger partial charge in [-0.3, -0.25) is 19.3 Å². The molecule has 1 spiro atoms. The van der Waals surface area contributed by atoms with Crippen LogP contribution in [0.25, 0.3) is 0 Å². The molecule has 4 aliphatic rings. The van der Waals surface area contributed by atoms with Crippen molar-refractivity contribution in [1.29, 1.82) is 0 Å². The molecular formula is C25H38N4O6. The van der Waals surface area contributed by atoms with Gasteiger partial charge in [-0.2, -0.15) is 0 Å². The lowest BCUT2D eigenvalue weighted by Gasteiger charge is -2.44. The molecule has 2 saturated heterocycles. The molecule has 2 N–H and O–H groups in total. The van der Waals surface area contributed by atoms with Crippen molar-refractivity contribution in [1.82, 2.24) is 20.4 Å². The number of hydrogen-bond donors (Lipinski definition) is 2. The van der Waals surface area contributed by atoms with E-state index in [2.05, 4.69) is 10.6 Å². The first-order chi connectivity index (χ1) is 16.5. The third-order valence-electron chi connectivity index (χ3n) is 8.23. The molecule has 2 aliphatic carbocycles. The van der Waals surface area contributed by atoms with Crippen molar-refractivity contribution in [2.24, 2.45) is 23.2 Å². The SMILES string of the molecule is COC(=O)[C@@H](NC(=O)N[C@H](C(=O)N1CC[C@H]2[C@H]1C1(CCC1)C(=O)N2C(=O)C1CC1)C(C)C)C(C)C. The van der Waals surface area contributed by atoms with Crippen LogP contribution >= 0.6 is 0 Å². The van der Waals surface area contributed by atoms with Crippen LogP contribution in [0.2, 0.25) is 0 Å². The number of nitrogens with one attached hydrogen (secondary N) is 2. The molecule has 5 amide bonds. The molecule has 0 bridgehead atoms. The fraction of sp³-hybridized carbons (Fsp3) is 0.800. The van der Waals surface area contributed by atoms with Crippen LogP contribution in [-0.2, 0) is 23.9 Å². The number of urea groups is 1. The molecule has 4 fully saturated rings. The molecule has 0 aromatic heterocycles. The summed E-state index contributed by atoms with van der Waals surface area (Å²) in [7, 11) is 1.26. The summed E-state index contributed by atoms with van der Waals surface area (Å²) in [5.74, 6) is -1.47. The molecule has 35 heavy (non-hydrogen) atoms. The van der Waals surface area contributed by atoms with Crippen molar-refractivity contribution in [3.8, 4) is 0 Å². The Hall–Kier alpha value is -2.65. The highest BCUT2D eigenvalue weighted by Gasteiger charge is 2.68. The summed E-state index contributed by atoms with van der Waals surface area (Å²) in [5, 5.41) is 5.39. The number of ether oxygens (including phenoxy) is 1. The highest BCUT2D eigenvalue weighted by atomic mass is 16.5. The third-order valence-corrected chi connectivity index (χ3v) is 8.23. The summed E-state index contributed by atoms with van der Waals surface area (Å²) in [6, 6.07) is -2.93. The zero-order valence-electron chi connectivity index (χ0n) is 21.3. The number of methoxy groups -OCH3 is 1. The quantitative estimate of drug-likeness (QED) is 0.411. The van der Waals surface area contributed by atoms with Crippen molar-refractivity contribution < 1.29 is 28.7 Å². The Bertz CT molecular complexity index is 910. The van der Waals surface area contributed by atoms with E-state index in [9.17, 15) is 24.0 Å². The van der Waals surface area contributed by atoms with E-state index in [4.69, 9.17) is 4.74 Å². The van der Waals surface area contributed by atoms with Gasteiger partial charge in [0.1, 0.15) is 12.1 Å². The normalized spacial score (nSPS) is 26.4. The van der Waals surface area contributed by atoms with Crippen LogP contribution in [0, 0.1) is 23.2 Å². The number of imide groups is 1. The fourth-order valence-corrected chi connectivity index (χ4v) is 5.98. The fourth-order valence-electron chi connectivity index (χ4n) is 5.98. The number of hydrogen-bond acceptors (Lipinski definition) is 6. The molecule has 2 heterocycles. The second kappa shape index (κ2) is 9.43. The number of carbonyl (C=O) groups excluding carboxylic acids is 5. The maximum absolute atomic E-state index is 13.8. The first-order valence-electron chi connectivity index (χ1n) is 12.9. The molecule has 2 saturated carbocycles. The largest absolute Gasteiger partial charge is 0.467 e. The van der Waals surface area contributed by atoms with E-state index >= 15 is 0 Å². The van der Waals surface area contributed by atoms with Crippen LogP contribution in [0.5, 0.6) is 0 Å². The smallest absolute Gasteiger partial charge is 0.328 e.